The Morgan fingerprint density at radius 2 is 1.91 bits per heavy atom. The second kappa shape index (κ2) is 17.0. The number of likely N-dealkylation sites (N-methyl/N-ethyl adjacent to an activating group) is 1. The molecule has 1 aromatic heterocycles. The minimum absolute atomic E-state index is 0.250. The molecule has 1 aromatic carbocycles. The van der Waals surface area contributed by atoms with Crippen molar-refractivity contribution in [1.82, 2.24) is 19.8 Å². The van der Waals surface area contributed by atoms with Crippen molar-refractivity contribution in [2.75, 3.05) is 81.7 Å². The Morgan fingerprint density at radius 1 is 1.19 bits per heavy atom. The molecule has 0 amide bonds. The van der Waals surface area contributed by atoms with Crippen molar-refractivity contribution < 1.29 is 14.3 Å². The monoisotopic (exact) mass is 587 g/mol. The van der Waals surface area contributed by atoms with Crippen LogP contribution in [0.3, 0.4) is 0 Å². The molecule has 230 valence electrons. The van der Waals surface area contributed by atoms with Crippen LogP contribution in [0.25, 0.3) is 6.08 Å². The van der Waals surface area contributed by atoms with E-state index >= 15 is 0 Å². The van der Waals surface area contributed by atoms with E-state index in [-0.39, 0.29) is 6.15 Å². The SMILES string of the molecule is C=CC(=C)N1CC(CCN2C(=C)C=Cc3cnc(Nc4cccc(N5CCN(C)CC5)c4)nc32)C1.CCCOC.O=C=O. The number of rotatable bonds is 10. The first-order valence-electron chi connectivity index (χ1n) is 14.7. The van der Waals surface area contributed by atoms with Gasteiger partial charge in [-0.1, -0.05) is 32.7 Å². The topological polar surface area (TPSA) is 94.1 Å². The van der Waals surface area contributed by atoms with E-state index in [1.54, 1.807) is 7.11 Å². The van der Waals surface area contributed by atoms with Crippen molar-refractivity contribution in [3.63, 3.8) is 0 Å². The molecule has 0 unspecified atom stereocenters. The van der Waals surface area contributed by atoms with Crippen LogP contribution in [0.2, 0.25) is 0 Å². The first-order valence-corrected chi connectivity index (χ1v) is 14.7. The van der Waals surface area contributed by atoms with Crippen LogP contribution >= 0.6 is 0 Å². The number of nitrogens with zero attached hydrogens (tertiary/aromatic N) is 6. The number of benzene rings is 1. The van der Waals surface area contributed by atoms with E-state index in [0.717, 1.165) is 93.7 Å². The van der Waals surface area contributed by atoms with Crippen LogP contribution in [-0.4, -0.2) is 92.5 Å². The molecular formula is C33H45N7O3. The normalized spacial score (nSPS) is 16.1. The second-order valence-corrected chi connectivity index (χ2v) is 10.7. The fourth-order valence-electron chi connectivity index (χ4n) is 5.04. The minimum Gasteiger partial charge on any atom is -0.385 e. The molecule has 2 saturated heterocycles. The molecule has 0 aliphatic carbocycles. The highest BCUT2D eigenvalue weighted by Gasteiger charge is 2.28. The van der Waals surface area contributed by atoms with Gasteiger partial charge in [-0.25, -0.2) is 4.98 Å². The molecule has 5 rings (SSSR count). The predicted octanol–water partition coefficient (Wildman–Crippen LogP) is 4.80. The van der Waals surface area contributed by atoms with Gasteiger partial charge in [0.25, 0.3) is 0 Å². The Balaban J connectivity index is 0.000000566. The number of nitrogens with one attached hydrogen (secondary N) is 1. The summed E-state index contributed by atoms with van der Waals surface area (Å²) in [5, 5.41) is 3.42. The van der Waals surface area contributed by atoms with Gasteiger partial charge in [0, 0.05) is 94.1 Å². The van der Waals surface area contributed by atoms with Gasteiger partial charge in [-0.3, -0.25) is 0 Å². The average molecular weight is 588 g/mol. The second-order valence-electron chi connectivity index (χ2n) is 10.7. The zero-order valence-corrected chi connectivity index (χ0v) is 25.8. The summed E-state index contributed by atoms with van der Waals surface area (Å²) in [6, 6.07) is 8.52. The molecule has 1 N–H and O–H groups in total. The molecule has 2 fully saturated rings. The molecule has 3 aliphatic rings. The van der Waals surface area contributed by atoms with Gasteiger partial charge in [0.05, 0.1) is 0 Å². The minimum atomic E-state index is 0.250. The quantitative estimate of drug-likeness (QED) is 0.391. The zero-order chi connectivity index (χ0) is 31.2. The Bertz CT molecular complexity index is 1290. The fourth-order valence-corrected chi connectivity index (χ4v) is 5.04. The van der Waals surface area contributed by atoms with Crippen LogP contribution < -0.4 is 15.1 Å². The molecule has 0 spiro atoms. The molecule has 0 bridgehead atoms. The summed E-state index contributed by atoms with van der Waals surface area (Å²) in [6.07, 6.45) is 10.3. The van der Waals surface area contributed by atoms with Crippen LogP contribution in [0, 0.1) is 5.92 Å². The maximum Gasteiger partial charge on any atom is 0.373 e. The van der Waals surface area contributed by atoms with Crippen LogP contribution in [0.5, 0.6) is 0 Å². The standard InChI is InChI=1S/C28H35N7.C4H10O.CO2/c1-5-21(2)34-19-23(20-34)11-12-35-22(3)9-10-24-18-29-28(31-27(24)35)30-25-7-6-8-26(17-25)33-15-13-32(4)14-16-33;1-3-4-5-2;2-1-3/h5-10,17-18,23H,1-3,11-16,19-20H2,4H3,(H,29,30,31);3-4H2,1-2H3;. The number of anilines is 4. The summed E-state index contributed by atoms with van der Waals surface area (Å²) in [5.41, 5.74) is 5.22. The highest BCUT2D eigenvalue weighted by Crippen LogP contribution is 2.32. The molecule has 0 radical (unpaired) electrons. The molecule has 4 heterocycles. The summed E-state index contributed by atoms with van der Waals surface area (Å²) < 4.78 is 4.69. The van der Waals surface area contributed by atoms with Gasteiger partial charge < -0.3 is 29.7 Å². The van der Waals surface area contributed by atoms with Gasteiger partial charge in [-0.05, 0) is 62.2 Å². The van der Waals surface area contributed by atoms with E-state index < -0.39 is 0 Å². The summed E-state index contributed by atoms with van der Waals surface area (Å²) in [6.45, 7) is 22.3. The molecule has 10 nitrogen and oxygen atoms in total. The Labute approximate surface area is 256 Å². The number of ether oxygens (including phenoxy) is 1. The van der Waals surface area contributed by atoms with E-state index in [9.17, 15) is 0 Å². The van der Waals surface area contributed by atoms with Gasteiger partial charge in [-0.15, -0.1) is 0 Å². The van der Waals surface area contributed by atoms with Gasteiger partial charge in [0.15, 0.2) is 0 Å². The number of likely N-dealkylation sites (tertiary alicyclic amines) is 1. The van der Waals surface area contributed by atoms with Crippen LogP contribution in [-0.2, 0) is 14.3 Å². The van der Waals surface area contributed by atoms with Gasteiger partial charge in [-0.2, -0.15) is 14.6 Å². The van der Waals surface area contributed by atoms with Crippen molar-refractivity contribution in [1.29, 1.82) is 0 Å². The van der Waals surface area contributed by atoms with Crippen molar-refractivity contribution in [2.24, 2.45) is 5.92 Å². The molecule has 43 heavy (non-hydrogen) atoms. The van der Waals surface area contributed by atoms with E-state index in [2.05, 4.69) is 87.9 Å². The van der Waals surface area contributed by atoms with E-state index in [1.807, 2.05) is 24.4 Å². The first-order chi connectivity index (χ1) is 20.8. The number of allylic oxidation sites excluding steroid dienone is 2. The number of fused-ring (bicyclic) bond motifs is 1. The molecule has 2 aromatic rings. The summed E-state index contributed by atoms with van der Waals surface area (Å²) in [4.78, 5) is 35.0. The lowest BCUT2D eigenvalue weighted by molar-refractivity contribution is -0.191. The van der Waals surface area contributed by atoms with E-state index in [1.165, 1.54) is 5.69 Å². The maximum atomic E-state index is 8.12. The van der Waals surface area contributed by atoms with Gasteiger partial charge in [0.1, 0.15) is 5.82 Å². The molecular weight excluding hydrogens is 542 g/mol. The molecule has 10 heteroatoms. The summed E-state index contributed by atoms with van der Waals surface area (Å²) in [5.74, 6) is 2.16. The smallest absolute Gasteiger partial charge is 0.373 e. The number of hydrogen-bond acceptors (Lipinski definition) is 10. The third kappa shape index (κ3) is 9.64. The third-order valence-electron chi connectivity index (χ3n) is 7.59. The lowest BCUT2D eigenvalue weighted by Gasteiger charge is -2.42. The lowest BCUT2D eigenvalue weighted by Crippen LogP contribution is -2.46. The van der Waals surface area contributed by atoms with Crippen LogP contribution in [0.1, 0.15) is 25.3 Å². The van der Waals surface area contributed by atoms with Crippen LogP contribution in [0.4, 0.5) is 23.1 Å². The van der Waals surface area contributed by atoms with Crippen molar-refractivity contribution in [3.05, 3.63) is 79.3 Å². The largest absolute Gasteiger partial charge is 0.385 e. The van der Waals surface area contributed by atoms with Crippen molar-refractivity contribution in [2.45, 2.75) is 19.8 Å². The Morgan fingerprint density at radius 3 is 2.53 bits per heavy atom. The Hall–Kier alpha value is -4.24. The van der Waals surface area contributed by atoms with Gasteiger partial charge in [0.2, 0.25) is 5.95 Å². The molecule has 3 aliphatic heterocycles. The number of piperazine rings is 1. The van der Waals surface area contributed by atoms with Gasteiger partial charge >= 0.3 is 6.15 Å². The Kier molecular flexibility index (Phi) is 13.2. The first kappa shape index (κ1) is 33.3. The summed E-state index contributed by atoms with van der Waals surface area (Å²) in [7, 11) is 3.89. The number of methoxy groups -OCH3 is 1. The van der Waals surface area contributed by atoms with Crippen molar-refractivity contribution >= 4 is 35.4 Å². The average Bonchev–Trinajstić information content (AvgIpc) is 2.99. The number of carbonyl (C=O) groups excluding carboxylic acids is 2. The molecule has 0 saturated carbocycles. The third-order valence-corrected chi connectivity index (χ3v) is 7.59. The maximum absolute atomic E-state index is 8.12. The highest BCUT2D eigenvalue weighted by molar-refractivity contribution is 5.74. The van der Waals surface area contributed by atoms with Crippen molar-refractivity contribution in [3.8, 4) is 0 Å². The van der Waals surface area contributed by atoms with Crippen LogP contribution in [0.15, 0.2) is 73.7 Å². The van der Waals surface area contributed by atoms with E-state index in [0.29, 0.717) is 11.9 Å². The number of aromatic nitrogens is 2. The predicted molar refractivity (Wildman–Crippen MR) is 173 cm³/mol. The number of hydrogen-bond donors (Lipinski definition) is 1. The zero-order valence-electron chi connectivity index (χ0n) is 25.8. The van der Waals surface area contributed by atoms with E-state index in [4.69, 9.17) is 19.3 Å². The highest BCUT2D eigenvalue weighted by atomic mass is 16.5. The lowest BCUT2D eigenvalue weighted by atomic mass is 9.95. The fraction of sp³-hybridized carbons (Fsp3) is 0.424. The summed E-state index contributed by atoms with van der Waals surface area (Å²) >= 11 is 0. The molecule has 0 atom stereocenters.